The number of furan rings is 1. The molecule has 0 N–H and O–H groups in total. The minimum Gasteiger partial charge on any atom is -0.496 e. The summed E-state index contributed by atoms with van der Waals surface area (Å²) in [5, 5.41) is 8.54. The van der Waals surface area contributed by atoms with E-state index in [0.29, 0.717) is 38.7 Å². The molecule has 6 aromatic rings. The second kappa shape index (κ2) is 8.68. The van der Waals surface area contributed by atoms with Gasteiger partial charge in [-0.05, 0) is 35.6 Å². The second-order valence-corrected chi connectivity index (χ2v) is 9.85. The van der Waals surface area contributed by atoms with Crippen LogP contribution in [0.3, 0.4) is 0 Å². The zero-order chi connectivity index (χ0) is 24.9. The molecule has 5 heterocycles. The number of aromatic nitrogens is 4. The molecule has 4 aromatic heterocycles. The van der Waals surface area contributed by atoms with E-state index >= 15 is 0 Å². The van der Waals surface area contributed by atoms with Crippen LogP contribution in [-0.4, -0.2) is 40.6 Å². The van der Waals surface area contributed by atoms with Gasteiger partial charge in [-0.25, -0.2) is 14.5 Å². The van der Waals surface area contributed by atoms with Crippen LogP contribution < -0.4 is 23.7 Å². The summed E-state index contributed by atoms with van der Waals surface area (Å²) in [6.07, 6.45) is 1.80. The first-order chi connectivity index (χ1) is 18.2. The Balaban J connectivity index is 1.16. The summed E-state index contributed by atoms with van der Waals surface area (Å²) in [6.45, 7) is 0.527. The molecule has 0 fully saturated rings. The lowest BCUT2D eigenvalue weighted by atomic mass is 10.2. The van der Waals surface area contributed by atoms with Gasteiger partial charge in [-0.1, -0.05) is 0 Å². The average molecular weight is 535 g/mol. The SMILES string of the molecule is COc1cc(OCc2csc(-c3ccc4c(c3)OCO4)n2)c2cc(-c3cn4nc(OC)sc4n3)oc2c1. The van der Waals surface area contributed by atoms with Gasteiger partial charge in [0.2, 0.25) is 11.8 Å². The summed E-state index contributed by atoms with van der Waals surface area (Å²) >= 11 is 2.90. The van der Waals surface area contributed by atoms with Crippen LogP contribution >= 0.6 is 22.7 Å². The van der Waals surface area contributed by atoms with Crippen LogP contribution in [0.2, 0.25) is 0 Å². The molecule has 0 spiro atoms. The second-order valence-electron chi connectivity index (χ2n) is 8.07. The number of methoxy groups -OCH3 is 2. The molecule has 186 valence electrons. The van der Waals surface area contributed by atoms with Gasteiger partial charge in [0.05, 0.1) is 31.5 Å². The average Bonchev–Trinajstić information content (AvgIpc) is 3.73. The predicted octanol–water partition coefficient (Wildman–Crippen LogP) is 5.65. The van der Waals surface area contributed by atoms with Crippen molar-refractivity contribution in [3.05, 3.63) is 53.7 Å². The standard InChI is InChI=1S/C25H18N4O6S2/c1-30-15-6-19(32-10-14-11-36-23(26-14)13-3-4-18-22(5-13)34-12-33-18)16-8-21(35-20(16)7-15)17-9-29-24(27-17)37-25(28-29)31-2/h3-9,11H,10,12H2,1-2H3. The number of fused-ring (bicyclic) bond motifs is 3. The van der Waals surface area contributed by atoms with Gasteiger partial charge in [0.1, 0.15) is 34.4 Å². The first-order valence-corrected chi connectivity index (χ1v) is 12.9. The maximum absolute atomic E-state index is 6.20. The van der Waals surface area contributed by atoms with Crippen molar-refractivity contribution in [3.63, 3.8) is 0 Å². The Morgan fingerprint density at radius 2 is 1.95 bits per heavy atom. The van der Waals surface area contributed by atoms with E-state index in [2.05, 4.69) is 10.1 Å². The highest BCUT2D eigenvalue weighted by molar-refractivity contribution is 7.18. The number of imidazole rings is 1. The Bertz CT molecular complexity index is 1740. The monoisotopic (exact) mass is 534 g/mol. The molecule has 0 saturated carbocycles. The van der Waals surface area contributed by atoms with Crippen LogP contribution in [0.25, 0.3) is 38.0 Å². The van der Waals surface area contributed by atoms with E-state index in [1.165, 1.54) is 11.3 Å². The molecule has 0 atom stereocenters. The number of rotatable bonds is 7. The molecule has 1 aliphatic heterocycles. The highest BCUT2D eigenvalue weighted by atomic mass is 32.1. The fourth-order valence-electron chi connectivity index (χ4n) is 4.02. The van der Waals surface area contributed by atoms with E-state index in [1.54, 1.807) is 36.3 Å². The number of nitrogens with zero attached hydrogens (tertiary/aromatic N) is 4. The lowest BCUT2D eigenvalue weighted by Gasteiger charge is -2.08. The molecule has 37 heavy (non-hydrogen) atoms. The molecule has 0 unspecified atom stereocenters. The first-order valence-electron chi connectivity index (χ1n) is 11.2. The van der Waals surface area contributed by atoms with Crippen molar-refractivity contribution in [1.82, 2.24) is 19.6 Å². The molecule has 0 saturated heterocycles. The largest absolute Gasteiger partial charge is 0.496 e. The Morgan fingerprint density at radius 1 is 1.03 bits per heavy atom. The van der Waals surface area contributed by atoms with Gasteiger partial charge in [-0.15, -0.1) is 16.4 Å². The molecular weight excluding hydrogens is 516 g/mol. The van der Waals surface area contributed by atoms with Crippen LogP contribution in [0, 0.1) is 0 Å². The molecule has 2 aromatic carbocycles. The van der Waals surface area contributed by atoms with Crippen LogP contribution in [0.4, 0.5) is 0 Å². The smallest absolute Gasteiger partial charge is 0.294 e. The van der Waals surface area contributed by atoms with E-state index in [1.807, 2.05) is 41.8 Å². The summed E-state index contributed by atoms with van der Waals surface area (Å²) in [4.78, 5) is 10.1. The Hall–Kier alpha value is -4.29. The maximum Gasteiger partial charge on any atom is 0.294 e. The third-order valence-electron chi connectivity index (χ3n) is 5.81. The van der Waals surface area contributed by atoms with Crippen LogP contribution in [-0.2, 0) is 6.61 Å². The Labute approximate surface area is 217 Å². The van der Waals surface area contributed by atoms with Crippen molar-refractivity contribution in [2.24, 2.45) is 0 Å². The van der Waals surface area contributed by atoms with Gasteiger partial charge >= 0.3 is 0 Å². The van der Waals surface area contributed by atoms with Crippen molar-refractivity contribution in [3.8, 4) is 50.2 Å². The Kier molecular flexibility index (Phi) is 5.15. The van der Waals surface area contributed by atoms with Gasteiger partial charge in [0.15, 0.2) is 17.3 Å². The summed E-state index contributed by atoms with van der Waals surface area (Å²) in [6, 6.07) is 11.4. The van der Waals surface area contributed by atoms with Gasteiger partial charge in [0, 0.05) is 23.1 Å². The third-order valence-corrected chi connectivity index (χ3v) is 7.63. The molecule has 0 radical (unpaired) electrons. The molecule has 0 aliphatic carbocycles. The lowest BCUT2D eigenvalue weighted by molar-refractivity contribution is 0.174. The molecular formula is C25H18N4O6S2. The number of thiazole rings is 1. The summed E-state index contributed by atoms with van der Waals surface area (Å²) in [7, 11) is 3.19. The summed E-state index contributed by atoms with van der Waals surface area (Å²) in [5.74, 6) is 3.33. The normalized spacial score (nSPS) is 12.5. The molecule has 12 heteroatoms. The van der Waals surface area contributed by atoms with E-state index < -0.39 is 0 Å². The topological polar surface area (TPSA) is 102 Å². The fourth-order valence-corrected chi connectivity index (χ4v) is 5.52. The predicted molar refractivity (Wildman–Crippen MR) is 137 cm³/mol. The lowest BCUT2D eigenvalue weighted by Crippen LogP contribution is -1.97. The first kappa shape index (κ1) is 21.9. The van der Waals surface area contributed by atoms with E-state index in [4.69, 9.17) is 33.1 Å². The van der Waals surface area contributed by atoms with Crippen LogP contribution in [0.15, 0.2) is 52.4 Å². The maximum atomic E-state index is 6.20. The van der Waals surface area contributed by atoms with Gasteiger partial charge in [-0.2, -0.15) is 0 Å². The van der Waals surface area contributed by atoms with Crippen molar-refractivity contribution in [2.45, 2.75) is 6.61 Å². The fraction of sp³-hybridized carbons (Fsp3) is 0.160. The number of ether oxygens (including phenoxy) is 5. The third kappa shape index (κ3) is 3.90. The highest BCUT2D eigenvalue weighted by Gasteiger charge is 2.18. The van der Waals surface area contributed by atoms with E-state index in [9.17, 15) is 0 Å². The zero-order valence-electron chi connectivity index (χ0n) is 19.6. The van der Waals surface area contributed by atoms with Crippen LogP contribution in [0.1, 0.15) is 5.69 Å². The van der Waals surface area contributed by atoms with Crippen molar-refractivity contribution < 1.29 is 28.1 Å². The summed E-state index contributed by atoms with van der Waals surface area (Å²) < 4.78 is 35.5. The number of benzene rings is 2. The molecule has 10 nitrogen and oxygen atoms in total. The molecule has 0 bridgehead atoms. The minimum absolute atomic E-state index is 0.241. The van der Waals surface area contributed by atoms with Crippen molar-refractivity contribution >= 4 is 38.6 Å². The van der Waals surface area contributed by atoms with Crippen LogP contribution in [0.5, 0.6) is 28.2 Å². The minimum atomic E-state index is 0.241. The quantitative estimate of drug-likeness (QED) is 0.257. The van der Waals surface area contributed by atoms with Crippen molar-refractivity contribution in [1.29, 1.82) is 0 Å². The molecule has 7 rings (SSSR count). The Morgan fingerprint density at radius 3 is 2.81 bits per heavy atom. The van der Waals surface area contributed by atoms with Gasteiger partial charge < -0.3 is 28.1 Å². The van der Waals surface area contributed by atoms with Gasteiger partial charge in [-0.3, -0.25) is 0 Å². The number of hydrogen-bond donors (Lipinski definition) is 0. The number of hydrogen-bond acceptors (Lipinski definition) is 11. The molecule has 0 amide bonds. The van der Waals surface area contributed by atoms with Crippen molar-refractivity contribution in [2.75, 3.05) is 21.0 Å². The highest BCUT2D eigenvalue weighted by Crippen LogP contribution is 2.39. The van der Waals surface area contributed by atoms with E-state index in [-0.39, 0.29) is 13.4 Å². The van der Waals surface area contributed by atoms with E-state index in [0.717, 1.165) is 33.2 Å². The summed E-state index contributed by atoms with van der Waals surface area (Å²) in [5.41, 5.74) is 3.07. The molecule has 1 aliphatic rings. The van der Waals surface area contributed by atoms with Gasteiger partial charge in [0.25, 0.3) is 5.19 Å². The zero-order valence-corrected chi connectivity index (χ0v) is 21.2.